The molecule has 2 aromatic heterocycles. The number of carbonyl (C=O) groups is 2. The first-order valence-electron chi connectivity index (χ1n) is 9.80. The van der Waals surface area contributed by atoms with Gasteiger partial charge in [-0.1, -0.05) is 42.5 Å². The van der Waals surface area contributed by atoms with Crippen LogP contribution in [-0.2, 0) is 11.2 Å². The number of nitrogens with zero attached hydrogens (tertiary/aromatic N) is 1. The highest BCUT2D eigenvalue weighted by Gasteiger charge is 2.23. The Morgan fingerprint density at radius 3 is 2.61 bits per heavy atom. The van der Waals surface area contributed by atoms with Crippen LogP contribution < -0.4 is 10.6 Å². The van der Waals surface area contributed by atoms with E-state index in [4.69, 9.17) is 4.42 Å². The van der Waals surface area contributed by atoms with E-state index < -0.39 is 11.9 Å². The molecule has 0 radical (unpaired) electrons. The van der Waals surface area contributed by atoms with Gasteiger partial charge in [0, 0.05) is 23.1 Å². The topological polar surface area (TPSA) is 84.2 Å². The zero-order chi connectivity index (χ0) is 21.6. The molecule has 2 heterocycles. The third-order valence-corrected chi connectivity index (χ3v) is 5.47. The number of nitrogens with one attached hydrogen (secondary N) is 2. The van der Waals surface area contributed by atoms with E-state index in [0.717, 1.165) is 21.8 Å². The van der Waals surface area contributed by atoms with Gasteiger partial charge >= 0.3 is 0 Å². The van der Waals surface area contributed by atoms with Crippen LogP contribution in [0.2, 0.25) is 0 Å². The predicted molar refractivity (Wildman–Crippen MR) is 121 cm³/mol. The fraction of sp³-hybridized carbons (Fsp3) is 0.125. The first-order valence-corrected chi connectivity index (χ1v) is 10.7. The molecule has 2 N–H and O–H groups in total. The lowest BCUT2D eigenvalue weighted by Crippen LogP contribution is -2.45. The van der Waals surface area contributed by atoms with Gasteiger partial charge in [0.1, 0.15) is 6.04 Å². The largest absolute Gasteiger partial charge is 0.459 e. The molecule has 0 aliphatic carbocycles. The summed E-state index contributed by atoms with van der Waals surface area (Å²) < 4.78 is 5.16. The Bertz CT molecular complexity index is 1170. The van der Waals surface area contributed by atoms with Crippen LogP contribution >= 0.6 is 11.3 Å². The summed E-state index contributed by atoms with van der Waals surface area (Å²) in [5.41, 5.74) is 3.36. The van der Waals surface area contributed by atoms with Crippen molar-refractivity contribution in [1.82, 2.24) is 10.3 Å². The number of carbonyl (C=O) groups excluding carboxylic acids is 2. The van der Waals surface area contributed by atoms with E-state index >= 15 is 0 Å². The average molecular weight is 432 g/mol. The Balaban J connectivity index is 1.53. The van der Waals surface area contributed by atoms with Crippen molar-refractivity contribution in [2.45, 2.75) is 19.4 Å². The number of hydrogen-bond donors (Lipinski definition) is 2. The Morgan fingerprint density at radius 2 is 1.90 bits per heavy atom. The number of aryl methyl sites for hydroxylation is 1. The second-order valence-corrected chi connectivity index (χ2v) is 8.08. The van der Waals surface area contributed by atoms with E-state index in [0.29, 0.717) is 12.1 Å². The molecular weight excluding hydrogens is 410 g/mol. The molecule has 0 unspecified atom stereocenters. The first kappa shape index (κ1) is 20.6. The van der Waals surface area contributed by atoms with E-state index in [2.05, 4.69) is 15.6 Å². The Morgan fingerprint density at radius 1 is 1.06 bits per heavy atom. The van der Waals surface area contributed by atoms with Gasteiger partial charge in [0.25, 0.3) is 5.91 Å². The summed E-state index contributed by atoms with van der Waals surface area (Å²) >= 11 is 1.58. The van der Waals surface area contributed by atoms with Crippen molar-refractivity contribution in [2.75, 3.05) is 5.32 Å². The molecule has 7 heteroatoms. The summed E-state index contributed by atoms with van der Waals surface area (Å²) in [5, 5.41) is 8.67. The van der Waals surface area contributed by atoms with Gasteiger partial charge in [-0.3, -0.25) is 9.59 Å². The normalized spacial score (nSPS) is 11.6. The molecule has 0 saturated heterocycles. The lowest BCUT2D eigenvalue weighted by Gasteiger charge is -2.18. The first-order chi connectivity index (χ1) is 15.1. The molecule has 4 rings (SSSR count). The fourth-order valence-corrected chi connectivity index (χ4v) is 3.80. The highest BCUT2D eigenvalue weighted by atomic mass is 32.1. The van der Waals surface area contributed by atoms with Crippen LogP contribution in [0.1, 0.15) is 21.1 Å². The summed E-state index contributed by atoms with van der Waals surface area (Å²) in [5.74, 6) is -0.588. The molecule has 0 saturated carbocycles. The maximum absolute atomic E-state index is 13.1. The quantitative estimate of drug-likeness (QED) is 0.445. The van der Waals surface area contributed by atoms with E-state index in [1.807, 2.05) is 66.9 Å². The lowest BCUT2D eigenvalue weighted by atomic mass is 10.0. The van der Waals surface area contributed by atoms with Gasteiger partial charge in [0.15, 0.2) is 5.76 Å². The smallest absolute Gasteiger partial charge is 0.287 e. The number of furan rings is 1. The molecule has 1 atom stereocenters. The van der Waals surface area contributed by atoms with Crippen LogP contribution in [0.5, 0.6) is 0 Å². The Labute approximate surface area is 184 Å². The van der Waals surface area contributed by atoms with Crippen LogP contribution in [0.25, 0.3) is 11.3 Å². The Hall–Kier alpha value is -3.71. The van der Waals surface area contributed by atoms with Crippen LogP contribution in [0, 0.1) is 6.92 Å². The van der Waals surface area contributed by atoms with Gasteiger partial charge in [0.05, 0.1) is 17.0 Å². The van der Waals surface area contributed by atoms with Crippen LogP contribution in [-0.4, -0.2) is 22.8 Å². The summed E-state index contributed by atoms with van der Waals surface area (Å²) in [4.78, 5) is 30.1. The highest BCUT2D eigenvalue weighted by molar-refractivity contribution is 7.09. The van der Waals surface area contributed by atoms with E-state index in [-0.39, 0.29) is 11.7 Å². The molecule has 0 fully saturated rings. The number of benzene rings is 2. The number of hydrogen-bond acceptors (Lipinski definition) is 5. The molecule has 0 aliphatic rings. The number of aromatic nitrogens is 1. The van der Waals surface area contributed by atoms with Crippen molar-refractivity contribution in [2.24, 2.45) is 0 Å². The molecule has 0 bridgehead atoms. The maximum Gasteiger partial charge on any atom is 0.287 e. The summed E-state index contributed by atoms with van der Waals surface area (Å²) in [6.45, 7) is 1.95. The van der Waals surface area contributed by atoms with Crippen molar-refractivity contribution in [1.29, 1.82) is 0 Å². The number of thiazole rings is 1. The SMILES string of the molecule is Cc1nc(-c2cccc(NC(=O)[C@H](Cc3ccccc3)NC(=O)c3ccco3)c2)cs1. The molecule has 0 spiro atoms. The molecule has 6 nitrogen and oxygen atoms in total. The second-order valence-electron chi connectivity index (χ2n) is 7.01. The predicted octanol–water partition coefficient (Wildman–Crippen LogP) is 4.69. The van der Waals surface area contributed by atoms with Gasteiger partial charge in [-0.05, 0) is 36.8 Å². The minimum absolute atomic E-state index is 0.159. The van der Waals surface area contributed by atoms with Crippen molar-refractivity contribution in [3.05, 3.63) is 94.7 Å². The maximum atomic E-state index is 13.1. The van der Waals surface area contributed by atoms with Crippen molar-refractivity contribution in [3.8, 4) is 11.3 Å². The van der Waals surface area contributed by atoms with Crippen LogP contribution in [0.15, 0.2) is 82.8 Å². The third-order valence-electron chi connectivity index (χ3n) is 4.69. The summed E-state index contributed by atoms with van der Waals surface area (Å²) in [6.07, 6.45) is 1.77. The number of rotatable bonds is 7. The van der Waals surface area contributed by atoms with Crippen molar-refractivity contribution in [3.63, 3.8) is 0 Å². The van der Waals surface area contributed by atoms with E-state index in [9.17, 15) is 9.59 Å². The Kier molecular flexibility index (Phi) is 6.24. The molecule has 4 aromatic rings. The minimum atomic E-state index is -0.773. The molecule has 2 amide bonds. The molecule has 31 heavy (non-hydrogen) atoms. The zero-order valence-electron chi connectivity index (χ0n) is 16.9. The minimum Gasteiger partial charge on any atom is -0.459 e. The van der Waals surface area contributed by atoms with Crippen molar-refractivity contribution < 1.29 is 14.0 Å². The van der Waals surface area contributed by atoms with Gasteiger partial charge in [-0.2, -0.15) is 0 Å². The second kappa shape index (κ2) is 9.40. The van der Waals surface area contributed by atoms with Gasteiger partial charge < -0.3 is 15.1 Å². The number of amides is 2. The van der Waals surface area contributed by atoms with Gasteiger partial charge in [-0.15, -0.1) is 11.3 Å². The lowest BCUT2D eigenvalue weighted by molar-refractivity contribution is -0.118. The highest BCUT2D eigenvalue weighted by Crippen LogP contribution is 2.24. The average Bonchev–Trinajstić information content (AvgIpc) is 3.46. The summed E-state index contributed by atoms with van der Waals surface area (Å²) in [7, 11) is 0. The standard InChI is InChI=1S/C24H21N3O3S/c1-16-25-21(15-31-16)18-9-5-10-19(14-18)26-23(28)20(13-17-7-3-2-4-8-17)27-24(29)22-11-6-12-30-22/h2-12,14-15,20H,13H2,1H3,(H,26,28)(H,27,29)/t20-/m0/s1. The van der Waals surface area contributed by atoms with Gasteiger partial charge in [0.2, 0.25) is 5.91 Å². The third kappa shape index (κ3) is 5.26. The summed E-state index contributed by atoms with van der Waals surface area (Å²) in [6, 6.07) is 19.5. The molecular formula is C24H21N3O3S. The molecule has 0 aliphatic heterocycles. The van der Waals surface area contributed by atoms with Gasteiger partial charge in [-0.25, -0.2) is 4.98 Å². The fourth-order valence-electron chi connectivity index (χ4n) is 3.18. The van der Waals surface area contributed by atoms with E-state index in [1.54, 1.807) is 23.5 Å². The van der Waals surface area contributed by atoms with Crippen LogP contribution in [0.3, 0.4) is 0 Å². The monoisotopic (exact) mass is 431 g/mol. The molecule has 2 aromatic carbocycles. The zero-order valence-corrected chi connectivity index (χ0v) is 17.7. The molecule has 156 valence electrons. The van der Waals surface area contributed by atoms with E-state index in [1.165, 1.54) is 6.26 Å². The van der Waals surface area contributed by atoms with Crippen molar-refractivity contribution >= 4 is 28.8 Å². The van der Waals surface area contributed by atoms with Crippen LogP contribution in [0.4, 0.5) is 5.69 Å². The number of anilines is 1.